The number of aromatic nitrogens is 5. The van der Waals surface area contributed by atoms with Crippen molar-refractivity contribution in [2.75, 3.05) is 0 Å². The Morgan fingerprint density at radius 3 is 1.89 bits per heavy atom. The standard InChI is InChI=1S/C56H33N5O/c1-2-12-34(13-3-1)47-33-40(31-36-15-5-6-17-41(36)47)55-59-53(58-54(60-55)39-25-28-51-48(32-39)46-20-11-29-57-56(46)62-51)38-24-26-42-37(30-38)16-10-22-49(42)61-50-21-9-8-19-44(50)45-27-23-35-14-4-7-18-43(35)52(45)61/h1-33H. The first kappa shape index (κ1) is 34.4. The lowest BCUT2D eigenvalue weighted by atomic mass is 9.95. The van der Waals surface area contributed by atoms with Crippen LogP contribution in [0.1, 0.15) is 0 Å². The lowest BCUT2D eigenvalue weighted by molar-refractivity contribution is 0.654. The molecular formula is C56H33N5O. The van der Waals surface area contributed by atoms with Crippen molar-refractivity contribution >= 4 is 76.2 Å². The normalized spacial score (nSPS) is 11.9. The van der Waals surface area contributed by atoms with E-state index in [1.165, 1.54) is 38.0 Å². The summed E-state index contributed by atoms with van der Waals surface area (Å²) in [5.41, 5.74) is 9.79. The highest BCUT2D eigenvalue weighted by atomic mass is 16.3. The van der Waals surface area contributed by atoms with Gasteiger partial charge in [-0.1, -0.05) is 133 Å². The molecule has 0 aliphatic rings. The van der Waals surface area contributed by atoms with Crippen LogP contribution in [-0.4, -0.2) is 24.5 Å². The summed E-state index contributed by atoms with van der Waals surface area (Å²) in [6, 6.07) is 68.5. The number of hydrogen-bond acceptors (Lipinski definition) is 5. The zero-order chi connectivity index (χ0) is 40.7. The van der Waals surface area contributed by atoms with E-state index in [1.54, 1.807) is 6.20 Å². The summed E-state index contributed by atoms with van der Waals surface area (Å²) >= 11 is 0. The molecule has 0 aliphatic heterocycles. The molecule has 288 valence electrons. The quantitative estimate of drug-likeness (QED) is 0.174. The van der Waals surface area contributed by atoms with E-state index in [9.17, 15) is 0 Å². The molecule has 0 saturated heterocycles. The van der Waals surface area contributed by atoms with Gasteiger partial charge < -0.3 is 8.98 Å². The fourth-order valence-corrected chi connectivity index (χ4v) is 9.39. The highest BCUT2D eigenvalue weighted by Gasteiger charge is 2.19. The molecule has 13 rings (SSSR count). The number of fused-ring (bicyclic) bond motifs is 10. The summed E-state index contributed by atoms with van der Waals surface area (Å²) in [4.78, 5) is 20.2. The van der Waals surface area contributed by atoms with Gasteiger partial charge in [-0.15, -0.1) is 0 Å². The molecule has 4 heterocycles. The Hall–Kier alpha value is -8.48. The Morgan fingerprint density at radius 1 is 0.371 bits per heavy atom. The zero-order valence-electron chi connectivity index (χ0n) is 33.2. The van der Waals surface area contributed by atoms with E-state index in [0.29, 0.717) is 23.2 Å². The topological polar surface area (TPSA) is 69.6 Å². The van der Waals surface area contributed by atoms with E-state index < -0.39 is 0 Å². The number of nitrogens with zero attached hydrogens (tertiary/aromatic N) is 5. The minimum atomic E-state index is 0.575. The van der Waals surface area contributed by atoms with Gasteiger partial charge >= 0.3 is 0 Å². The van der Waals surface area contributed by atoms with Crippen molar-refractivity contribution in [2.24, 2.45) is 0 Å². The van der Waals surface area contributed by atoms with Gasteiger partial charge in [0.2, 0.25) is 5.71 Å². The first-order valence-corrected chi connectivity index (χ1v) is 20.8. The van der Waals surface area contributed by atoms with Gasteiger partial charge in [-0.05, 0) is 93.3 Å². The van der Waals surface area contributed by atoms with Crippen LogP contribution in [0.4, 0.5) is 0 Å². The maximum Gasteiger partial charge on any atom is 0.227 e. The molecule has 6 nitrogen and oxygen atoms in total. The molecule has 6 heteroatoms. The van der Waals surface area contributed by atoms with Crippen LogP contribution in [0, 0.1) is 0 Å². The van der Waals surface area contributed by atoms with Gasteiger partial charge in [0.1, 0.15) is 5.58 Å². The van der Waals surface area contributed by atoms with Crippen LogP contribution in [0.5, 0.6) is 0 Å². The molecule has 0 spiro atoms. The fraction of sp³-hybridized carbons (Fsp3) is 0. The Labute approximate surface area is 355 Å². The van der Waals surface area contributed by atoms with E-state index in [-0.39, 0.29) is 0 Å². The molecular weight excluding hydrogens is 759 g/mol. The van der Waals surface area contributed by atoms with Gasteiger partial charge in [-0.3, -0.25) is 0 Å². The maximum atomic E-state index is 6.11. The highest BCUT2D eigenvalue weighted by molar-refractivity contribution is 6.19. The van der Waals surface area contributed by atoms with E-state index in [1.807, 2.05) is 30.3 Å². The smallest absolute Gasteiger partial charge is 0.227 e. The van der Waals surface area contributed by atoms with Crippen LogP contribution in [0.25, 0.3) is 127 Å². The van der Waals surface area contributed by atoms with Crippen molar-refractivity contribution < 1.29 is 4.42 Å². The SMILES string of the molecule is c1ccc(-c2cc(-c3nc(-c4ccc5c(-n6c7ccccc7c7ccc8ccccc8c76)cccc5c4)nc(-c4ccc5oc6ncccc6c5c4)n3)cc3ccccc23)cc1. The first-order chi connectivity index (χ1) is 30.7. The molecule has 0 atom stereocenters. The number of pyridine rings is 1. The van der Waals surface area contributed by atoms with Crippen LogP contribution < -0.4 is 0 Å². The highest BCUT2D eigenvalue weighted by Crippen LogP contribution is 2.40. The Kier molecular flexibility index (Phi) is 7.50. The summed E-state index contributed by atoms with van der Waals surface area (Å²) in [5.74, 6) is 1.76. The van der Waals surface area contributed by atoms with Crippen molar-refractivity contribution in [1.82, 2.24) is 24.5 Å². The van der Waals surface area contributed by atoms with Crippen LogP contribution in [0.15, 0.2) is 205 Å². The Balaban J connectivity index is 1.03. The molecule has 0 fully saturated rings. The molecule has 0 amide bonds. The van der Waals surface area contributed by atoms with E-state index >= 15 is 0 Å². The predicted octanol–water partition coefficient (Wildman–Crippen LogP) is 14.4. The first-order valence-electron chi connectivity index (χ1n) is 20.8. The second kappa shape index (κ2) is 13.5. The minimum Gasteiger partial charge on any atom is -0.438 e. The maximum absolute atomic E-state index is 6.11. The third kappa shape index (κ3) is 5.37. The fourth-order valence-electron chi connectivity index (χ4n) is 9.39. The van der Waals surface area contributed by atoms with Crippen LogP contribution in [0.3, 0.4) is 0 Å². The third-order valence-electron chi connectivity index (χ3n) is 12.3. The third-order valence-corrected chi connectivity index (χ3v) is 12.3. The average molecular weight is 792 g/mol. The molecule has 9 aromatic carbocycles. The van der Waals surface area contributed by atoms with Crippen molar-refractivity contribution in [3.05, 3.63) is 200 Å². The zero-order valence-corrected chi connectivity index (χ0v) is 33.2. The lowest BCUT2D eigenvalue weighted by Crippen LogP contribution is -2.01. The van der Waals surface area contributed by atoms with Gasteiger partial charge in [-0.25, -0.2) is 19.9 Å². The second-order valence-corrected chi connectivity index (χ2v) is 15.8. The van der Waals surface area contributed by atoms with Gasteiger partial charge in [0, 0.05) is 55.2 Å². The molecule has 0 unspecified atom stereocenters. The van der Waals surface area contributed by atoms with Crippen LogP contribution in [0.2, 0.25) is 0 Å². The molecule has 0 bridgehead atoms. The summed E-state index contributed by atoms with van der Waals surface area (Å²) in [6.45, 7) is 0. The molecule has 0 aliphatic carbocycles. The van der Waals surface area contributed by atoms with Gasteiger partial charge in [-0.2, -0.15) is 0 Å². The summed E-state index contributed by atoms with van der Waals surface area (Å²) in [7, 11) is 0. The molecule has 62 heavy (non-hydrogen) atoms. The average Bonchev–Trinajstić information content (AvgIpc) is 3.89. The molecule has 13 aromatic rings. The van der Waals surface area contributed by atoms with Crippen molar-refractivity contribution in [3.8, 4) is 51.0 Å². The van der Waals surface area contributed by atoms with Gasteiger partial charge in [0.05, 0.1) is 16.7 Å². The predicted molar refractivity (Wildman–Crippen MR) is 254 cm³/mol. The van der Waals surface area contributed by atoms with Crippen LogP contribution in [-0.2, 0) is 0 Å². The lowest BCUT2D eigenvalue weighted by Gasteiger charge is -2.14. The monoisotopic (exact) mass is 791 g/mol. The molecule has 0 saturated carbocycles. The van der Waals surface area contributed by atoms with Crippen LogP contribution >= 0.6 is 0 Å². The number of para-hydroxylation sites is 1. The Bertz CT molecular complexity index is 3940. The minimum absolute atomic E-state index is 0.575. The van der Waals surface area contributed by atoms with Gasteiger partial charge in [0.25, 0.3) is 0 Å². The second-order valence-electron chi connectivity index (χ2n) is 15.8. The van der Waals surface area contributed by atoms with E-state index in [0.717, 1.165) is 66.0 Å². The summed E-state index contributed by atoms with van der Waals surface area (Å²) < 4.78 is 8.54. The van der Waals surface area contributed by atoms with Crippen molar-refractivity contribution in [2.45, 2.75) is 0 Å². The summed E-state index contributed by atoms with van der Waals surface area (Å²) in [6.07, 6.45) is 1.75. The van der Waals surface area contributed by atoms with E-state index in [4.69, 9.17) is 19.4 Å². The van der Waals surface area contributed by atoms with Gasteiger partial charge in [0.15, 0.2) is 17.5 Å². The largest absolute Gasteiger partial charge is 0.438 e. The Morgan fingerprint density at radius 2 is 1.02 bits per heavy atom. The number of rotatable bonds is 5. The molecule has 0 N–H and O–H groups in total. The summed E-state index contributed by atoms with van der Waals surface area (Å²) in [5, 5.41) is 11.3. The number of furan rings is 1. The number of benzene rings is 9. The molecule has 4 aromatic heterocycles. The van der Waals surface area contributed by atoms with E-state index in [2.05, 4.69) is 173 Å². The number of hydrogen-bond donors (Lipinski definition) is 0. The molecule has 0 radical (unpaired) electrons. The van der Waals surface area contributed by atoms with Crippen molar-refractivity contribution in [3.63, 3.8) is 0 Å². The van der Waals surface area contributed by atoms with Crippen molar-refractivity contribution in [1.29, 1.82) is 0 Å².